The van der Waals surface area contributed by atoms with E-state index in [1.807, 2.05) is 33.8 Å². The largest absolute Gasteiger partial charge is 0.497 e. The van der Waals surface area contributed by atoms with Gasteiger partial charge in [0.1, 0.15) is 6.61 Å². The Hall–Kier alpha value is -1.02. The first-order valence-electron chi connectivity index (χ1n) is 5.58. The Labute approximate surface area is 93.7 Å². The number of rotatable bonds is 2. The fourth-order valence-electron chi connectivity index (χ4n) is 1.20. The molecule has 1 aliphatic rings. The Morgan fingerprint density at radius 1 is 1.47 bits per heavy atom. The zero-order valence-corrected chi connectivity index (χ0v) is 10.4. The Morgan fingerprint density at radius 3 is 2.73 bits per heavy atom. The van der Waals surface area contributed by atoms with Crippen molar-refractivity contribution in [2.75, 3.05) is 19.7 Å². The lowest BCUT2D eigenvalue weighted by Gasteiger charge is -2.04. The fourth-order valence-corrected chi connectivity index (χ4v) is 1.20. The quantitative estimate of drug-likeness (QED) is 0.706. The zero-order valence-electron chi connectivity index (χ0n) is 10.4. The second-order valence-corrected chi connectivity index (χ2v) is 3.20. The van der Waals surface area contributed by atoms with Crippen LogP contribution in [0.5, 0.6) is 0 Å². The molecule has 0 amide bonds. The number of hydrogen-bond donors (Lipinski definition) is 1. The third kappa shape index (κ3) is 5.43. The van der Waals surface area contributed by atoms with Gasteiger partial charge in [-0.05, 0) is 13.8 Å². The maximum atomic E-state index is 5.50. The molecule has 0 saturated heterocycles. The summed E-state index contributed by atoms with van der Waals surface area (Å²) in [5.74, 6) is 1.02. The molecule has 0 aromatic heterocycles. The lowest BCUT2D eigenvalue weighted by Crippen LogP contribution is -2.18. The second-order valence-electron chi connectivity index (χ2n) is 3.20. The zero-order chi connectivity index (χ0) is 11.7. The standard InChI is InChI=1S/C11H17NO.C2H6/c1-4-9(2)7-11-8-12-5-6-13-10(11)3;1-2/h4,7,12H,1,5-6,8H2,2-3H3;1-2H3/b9-7-;. The number of ether oxygens (including phenoxy) is 1. The Kier molecular flexibility index (Phi) is 7.74. The molecule has 0 aromatic carbocycles. The van der Waals surface area contributed by atoms with Crippen molar-refractivity contribution in [3.63, 3.8) is 0 Å². The molecule has 1 heterocycles. The molecule has 1 rings (SSSR count). The molecule has 86 valence electrons. The molecule has 0 spiro atoms. The summed E-state index contributed by atoms with van der Waals surface area (Å²) < 4.78 is 5.50. The Bertz CT molecular complexity index is 251. The molecule has 0 saturated carbocycles. The van der Waals surface area contributed by atoms with Gasteiger partial charge in [0, 0.05) is 18.7 Å². The van der Waals surface area contributed by atoms with Crippen LogP contribution in [0, 0.1) is 0 Å². The lowest BCUT2D eigenvalue weighted by atomic mass is 10.1. The van der Waals surface area contributed by atoms with Crippen molar-refractivity contribution in [2.24, 2.45) is 0 Å². The molecule has 15 heavy (non-hydrogen) atoms. The van der Waals surface area contributed by atoms with Gasteiger partial charge in [0.2, 0.25) is 0 Å². The van der Waals surface area contributed by atoms with Crippen molar-refractivity contribution in [1.29, 1.82) is 0 Å². The molecule has 1 N–H and O–H groups in total. The molecule has 0 unspecified atom stereocenters. The topological polar surface area (TPSA) is 21.3 Å². The maximum absolute atomic E-state index is 5.50. The maximum Gasteiger partial charge on any atom is 0.100 e. The van der Waals surface area contributed by atoms with E-state index in [-0.39, 0.29) is 0 Å². The van der Waals surface area contributed by atoms with E-state index >= 15 is 0 Å². The summed E-state index contributed by atoms with van der Waals surface area (Å²) in [6, 6.07) is 0. The van der Waals surface area contributed by atoms with E-state index in [9.17, 15) is 0 Å². The summed E-state index contributed by atoms with van der Waals surface area (Å²) in [5.41, 5.74) is 2.39. The molecule has 0 aliphatic carbocycles. The average molecular weight is 209 g/mol. The van der Waals surface area contributed by atoms with Gasteiger partial charge in [0.15, 0.2) is 0 Å². The van der Waals surface area contributed by atoms with E-state index in [2.05, 4.69) is 18.0 Å². The van der Waals surface area contributed by atoms with E-state index in [1.165, 1.54) is 11.1 Å². The minimum atomic E-state index is 0.760. The van der Waals surface area contributed by atoms with Gasteiger partial charge < -0.3 is 10.1 Å². The third-order valence-electron chi connectivity index (χ3n) is 2.09. The van der Waals surface area contributed by atoms with Crippen LogP contribution in [0.15, 0.2) is 35.6 Å². The summed E-state index contributed by atoms with van der Waals surface area (Å²) in [6.45, 7) is 14.3. The SMILES string of the molecule is C=C/C(C)=C\C1=C(C)OCCNC1.CC. The van der Waals surface area contributed by atoms with Crippen LogP contribution in [-0.2, 0) is 4.74 Å². The first kappa shape index (κ1) is 14.0. The van der Waals surface area contributed by atoms with Crippen LogP contribution in [0.3, 0.4) is 0 Å². The molecule has 0 fully saturated rings. The predicted octanol–water partition coefficient (Wildman–Crippen LogP) is 3.04. The monoisotopic (exact) mass is 209 g/mol. The van der Waals surface area contributed by atoms with Crippen molar-refractivity contribution in [2.45, 2.75) is 27.7 Å². The van der Waals surface area contributed by atoms with Gasteiger partial charge in [-0.2, -0.15) is 0 Å². The van der Waals surface area contributed by atoms with Gasteiger partial charge in [0.25, 0.3) is 0 Å². The number of nitrogens with one attached hydrogen (secondary N) is 1. The molecular weight excluding hydrogens is 186 g/mol. The fraction of sp³-hybridized carbons (Fsp3) is 0.538. The van der Waals surface area contributed by atoms with Crippen LogP contribution in [0.25, 0.3) is 0 Å². The molecular formula is C13H23NO. The summed E-state index contributed by atoms with van der Waals surface area (Å²) in [7, 11) is 0. The molecule has 2 heteroatoms. The van der Waals surface area contributed by atoms with Crippen molar-refractivity contribution in [1.82, 2.24) is 5.32 Å². The van der Waals surface area contributed by atoms with E-state index in [0.29, 0.717) is 0 Å². The molecule has 0 radical (unpaired) electrons. The van der Waals surface area contributed by atoms with Crippen LogP contribution in [-0.4, -0.2) is 19.7 Å². The number of allylic oxidation sites excluding steroid dienone is 3. The van der Waals surface area contributed by atoms with Gasteiger partial charge in [-0.25, -0.2) is 0 Å². The van der Waals surface area contributed by atoms with Gasteiger partial charge in [-0.3, -0.25) is 0 Å². The van der Waals surface area contributed by atoms with E-state index in [4.69, 9.17) is 4.74 Å². The van der Waals surface area contributed by atoms with Crippen molar-refractivity contribution in [3.8, 4) is 0 Å². The smallest absolute Gasteiger partial charge is 0.100 e. The van der Waals surface area contributed by atoms with E-state index < -0.39 is 0 Å². The van der Waals surface area contributed by atoms with E-state index in [0.717, 1.165) is 25.5 Å². The summed E-state index contributed by atoms with van der Waals surface area (Å²) in [5, 5.41) is 3.30. The Balaban J connectivity index is 0.000000921. The first-order chi connectivity index (χ1) is 7.24. The van der Waals surface area contributed by atoms with Crippen molar-refractivity contribution < 1.29 is 4.74 Å². The van der Waals surface area contributed by atoms with Gasteiger partial charge in [0.05, 0.1) is 5.76 Å². The summed E-state index contributed by atoms with van der Waals surface area (Å²) in [6.07, 6.45) is 3.96. The van der Waals surface area contributed by atoms with Crippen LogP contribution < -0.4 is 5.32 Å². The van der Waals surface area contributed by atoms with Crippen molar-refractivity contribution >= 4 is 0 Å². The van der Waals surface area contributed by atoms with Crippen LogP contribution in [0.2, 0.25) is 0 Å². The highest BCUT2D eigenvalue weighted by atomic mass is 16.5. The molecule has 0 atom stereocenters. The average Bonchev–Trinajstić information content (AvgIpc) is 2.47. The summed E-state index contributed by atoms with van der Waals surface area (Å²) in [4.78, 5) is 0. The number of hydrogen-bond acceptors (Lipinski definition) is 2. The highest BCUT2D eigenvalue weighted by Crippen LogP contribution is 2.11. The van der Waals surface area contributed by atoms with Crippen LogP contribution in [0.4, 0.5) is 0 Å². The molecule has 0 bridgehead atoms. The normalized spacial score (nSPS) is 17.2. The third-order valence-corrected chi connectivity index (χ3v) is 2.09. The minimum absolute atomic E-state index is 0.760. The minimum Gasteiger partial charge on any atom is -0.497 e. The van der Waals surface area contributed by atoms with Crippen LogP contribution >= 0.6 is 0 Å². The predicted molar refractivity (Wildman–Crippen MR) is 66.8 cm³/mol. The summed E-state index contributed by atoms with van der Waals surface area (Å²) >= 11 is 0. The van der Waals surface area contributed by atoms with Crippen LogP contribution in [0.1, 0.15) is 27.7 Å². The van der Waals surface area contributed by atoms with Gasteiger partial charge in [-0.1, -0.05) is 38.2 Å². The highest BCUT2D eigenvalue weighted by Gasteiger charge is 2.05. The van der Waals surface area contributed by atoms with E-state index in [1.54, 1.807) is 0 Å². The first-order valence-corrected chi connectivity index (χ1v) is 5.58. The van der Waals surface area contributed by atoms with Gasteiger partial charge in [-0.15, -0.1) is 0 Å². The molecule has 1 aliphatic heterocycles. The molecule has 2 nitrogen and oxygen atoms in total. The lowest BCUT2D eigenvalue weighted by molar-refractivity contribution is 0.222. The second kappa shape index (κ2) is 8.30. The van der Waals surface area contributed by atoms with Gasteiger partial charge >= 0.3 is 0 Å². The van der Waals surface area contributed by atoms with Crippen molar-refractivity contribution in [3.05, 3.63) is 35.6 Å². The molecule has 0 aromatic rings. The Morgan fingerprint density at radius 2 is 2.13 bits per heavy atom. The highest BCUT2D eigenvalue weighted by molar-refractivity contribution is 5.30.